The number of rotatable bonds is 6. The first-order valence-electron chi connectivity index (χ1n) is 14.2. The molecule has 1 aliphatic heterocycles. The van der Waals surface area contributed by atoms with Crippen molar-refractivity contribution < 1.29 is 32.3 Å². The predicted octanol–water partition coefficient (Wildman–Crippen LogP) is 7.88. The van der Waals surface area contributed by atoms with Crippen molar-refractivity contribution in [2.75, 3.05) is 6.54 Å². The molecule has 3 amide bonds. The van der Waals surface area contributed by atoms with Crippen molar-refractivity contribution in [1.29, 1.82) is 0 Å². The van der Waals surface area contributed by atoms with E-state index in [9.17, 15) is 27.6 Å². The van der Waals surface area contributed by atoms with E-state index in [2.05, 4.69) is 10.4 Å². The van der Waals surface area contributed by atoms with Gasteiger partial charge in [-0.3, -0.25) is 19.2 Å². The number of nitrogens with zero attached hydrogens (tertiary/aromatic N) is 3. The number of imide groups is 1. The van der Waals surface area contributed by atoms with Gasteiger partial charge in [0, 0.05) is 23.0 Å². The fourth-order valence-electron chi connectivity index (χ4n) is 5.46. The summed E-state index contributed by atoms with van der Waals surface area (Å²) in [7, 11) is 0. The summed E-state index contributed by atoms with van der Waals surface area (Å²) < 4.78 is 47.5. The molecule has 13 heteroatoms. The predicted molar refractivity (Wildman–Crippen MR) is 163 cm³/mol. The minimum absolute atomic E-state index is 0.000396. The van der Waals surface area contributed by atoms with Gasteiger partial charge in [0.25, 0.3) is 11.1 Å². The van der Waals surface area contributed by atoms with Crippen LogP contribution in [0.1, 0.15) is 63.1 Å². The molecule has 1 aromatic heterocycles. The summed E-state index contributed by atoms with van der Waals surface area (Å²) in [5.41, 5.74) is -0.0610. The quantitative estimate of drug-likeness (QED) is 0.273. The summed E-state index contributed by atoms with van der Waals surface area (Å²) in [5.74, 6) is -0.215. The molecule has 3 aromatic rings. The summed E-state index contributed by atoms with van der Waals surface area (Å²) >= 11 is 6.69. The zero-order valence-electron chi connectivity index (χ0n) is 24.4. The molecule has 2 heterocycles. The fourth-order valence-corrected chi connectivity index (χ4v) is 6.48. The van der Waals surface area contributed by atoms with Crippen LogP contribution in [0.15, 0.2) is 47.5 Å². The molecule has 1 N–H and O–H groups in total. The Balaban J connectivity index is 1.22. The summed E-state index contributed by atoms with van der Waals surface area (Å²) in [6.07, 6.45) is 1.19. The zero-order valence-corrected chi connectivity index (χ0v) is 26.0. The Morgan fingerprint density at radius 2 is 1.84 bits per heavy atom. The minimum Gasteiger partial charge on any atom is -0.444 e. The van der Waals surface area contributed by atoms with Crippen LogP contribution in [0.25, 0.3) is 17.0 Å². The number of amides is 3. The van der Waals surface area contributed by atoms with Crippen molar-refractivity contribution >= 4 is 57.6 Å². The van der Waals surface area contributed by atoms with Crippen LogP contribution in [0.2, 0.25) is 5.02 Å². The summed E-state index contributed by atoms with van der Waals surface area (Å²) in [6.45, 7) is 5.64. The minimum atomic E-state index is -4.56. The number of aromatic nitrogens is 2. The van der Waals surface area contributed by atoms with Gasteiger partial charge >= 0.3 is 12.3 Å². The number of alkyl halides is 3. The number of carbonyl (C=O) groups is 3. The van der Waals surface area contributed by atoms with Crippen molar-refractivity contribution in [2.24, 2.45) is 5.92 Å². The van der Waals surface area contributed by atoms with Crippen molar-refractivity contribution in [3.63, 3.8) is 0 Å². The van der Waals surface area contributed by atoms with Crippen LogP contribution in [-0.2, 0) is 22.3 Å². The lowest BCUT2D eigenvalue weighted by molar-refractivity contribution is -0.138. The molecule has 1 saturated carbocycles. The van der Waals surface area contributed by atoms with E-state index in [0.717, 1.165) is 43.5 Å². The first kappa shape index (κ1) is 31.9. The first-order chi connectivity index (χ1) is 20.7. The number of carbonyl (C=O) groups excluding carboxylic acids is 3. The van der Waals surface area contributed by atoms with Crippen LogP contribution in [-0.4, -0.2) is 50.1 Å². The van der Waals surface area contributed by atoms with E-state index < -0.39 is 23.4 Å². The Morgan fingerprint density at radius 1 is 1.11 bits per heavy atom. The molecule has 0 unspecified atom stereocenters. The lowest BCUT2D eigenvalue weighted by Gasteiger charge is -2.31. The number of ether oxygens (including phenoxy) is 1. The van der Waals surface area contributed by atoms with Gasteiger partial charge in [-0.15, -0.1) is 0 Å². The van der Waals surface area contributed by atoms with Gasteiger partial charge in [-0.25, -0.2) is 4.79 Å². The van der Waals surface area contributed by atoms with E-state index in [1.807, 2.05) is 20.8 Å². The third-order valence-corrected chi connectivity index (χ3v) is 8.69. The molecule has 8 nitrogen and oxygen atoms in total. The highest BCUT2D eigenvalue weighted by molar-refractivity contribution is 8.18. The second-order valence-corrected chi connectivity index (χ2v) is 13.5. The average molecular weight is 649 g/mol. The Morgan fingerprint density at radius 3 is 2.52 bits per heavy atom. The third kappa shape index (κ3) is 7.58. The van der Waals surface area contributed by atoms with Gasteiger partial charge in [-0.1, -0.05) is 23.7 Å². The van der Waals surface area contributed by atoms with Crippen LogP contribution in [0.3, 0.4) is 0 Å². The largest absolute Gasteiger partial charge is 0.444 e. The molecule has 0 atom stereocenters. The molecule has 0 radical (unpaired) electrons. The Bertz CT molecular complexity index is 1620. The molecule has 0 bridgehead atoms. The van der Waals surface area contributed by atoms with Gasteiger partial charge in [-0.2, -0.15) is 18.3 Å². The molecule has 2 fully saturated rings. The van der Waals surface area contributed by atoms with Crippen molar-refractivity contribution in [2.45, 2.75) is 70.8 Å². The number of nitrogens with one attached hydrogen (secondary N) is 1. The lowest BCUT2D eigenvalue weighted by Crippen LogP contribution is -2.42. The molecule has 2 aliphatic rings. The number of hydrogen-bond donors (Lipinski definition) is 1. The third-order valence-electron chi connectivity index (χ3n) is 7.54. The number of halogens is 4. The molecular formula is C31H32ClF3N4O4S. The van der Waals surface area contributed by atoms with Crippen molar-refractivity contribution in [3.8, 4) is 0 Å². The van der Waals surface area contributed by atoms with Crippen LogP contribution in [0, 0.1) is 5.92 Å². The number of alkyl carbamates (subject to hydrolysis) is 1. The Hall–Kier alpha value is -3.51. The van der Waals surface area contributed by atoms with Gasteiger partial charge < -0.3 is 10.1 Å². The van der Waals surface area contributed by atoms with Crippen LogP contribution < -0.4 is 5.32 Å². The summed E-state index contributed by atoms with van der Waals surface area (Å²) in [4.78, 5) is 39.6. The topological polar surface area (TPSA) is 93.5 Å². The van der Waals surface area contributed by atoms with E-state index in [1.54, 1.807) is 30.5 Å². The second-order valence-electron chi connectivity index (χ2n) is 12.1. The number of hydrogen-bond acceptors (Lipinski definition) is 6. The molecule has 5 rings (SSSR count). The van der Waals surface area contributed by atoms with E-state index in [0.29, 0.717) is 27.9 Å². The van der Waals surface area contributed by atoms with Crippen LogP contribution >= 0.6 is 23.4 Å². The number of fused-ring (bicyclic) bond motifs is 1. The maximum atomic E-state index is 13.6. The summed E-state index contributed by atoms with van der Waals surface area (Å²) in [5, 5.41) is 7.53. The standard InChI is InChI=1S/C31H32ClF3N4O4S/c1-30(2,3)43-28(41)37-23-9-4-18(5-10-23)16-38-27(40)26(44-29(38)42)13-19-6-11-25-21(12-19)15-36-39(25)17-20-7-8-22(32)14-24(20)31(33,34)35/h6-8,11-15,18,23H,4-5,9-10,16-17H2,1-3H3,(H,37,41)/b26-13-. The Labute approximate surface area is 261 Å². The zero-order chi connectivity index (χ0) is 31.8. The van der Waals surface area contributed by atoms with E-state index in [1.165, 1.54) is 21.7 Å². The Kier molecular flexibility index (Phi) is 9.04. The SMILES string of the molecule is CC(C)(C)OC(=O)NC1CCC(CN2C(=O)S/C(=C\c3ccc4c(cnn4Cc4ccc(Cl)cc4C(F)(F)F)c3)C2=O)CC1. The smallest absolute Gasteiger partial charge is 0.416 e. The molecule has 0 spiro atoms. The number of thioether (sulfide) groups is 1. The maximum absolute atomic E-state index is 13.6. The monoisotopic (exact) mass is 648 g/mol. The molecule has 1 aliphatic carbocycles. The van der Waals surface area contributed by atoms with Gasteiger partial charge in [0.15, 0.2) is 0 Å². The van der Waals surface area contributed by atoms with Crippen molar-refractivity contribution in [3.05, 3.63) is 69.2 Å². The highest BCUT2D eigenvalue weighted by Gasteiger charge is 2.37. The highest BCUT2D eigenvalue weighted by atomic mass is 35.5. The molecule has 2 aromatic carbocycles. The highest BCUT2D eigenvalue weighted by Crippen LogP contribution is 2.36. The van der Waals surface area contributed by atoms with Gasteiger partial charge in [0.2, 0.25) is 0 Å². The summed E-state index contributed by atoms with van der Waals surface area (Å²) in [6, 6.07) is 8.90. The second kappa shape index (κ2) is 12.5. The average Bonchev–Trinajstić information content (AvgIpc) is 3.44. The molecular weight excluding hydrogens is 617 g/mol. The molecule has 234 valence electrons. The van der Waals surface area contributed by atoms with E-state index in [4.69, 9.17) is 16.3 Å². The fraction of sp³-hybridized carbons (Fsp3) is 0.419. The molecule has 44 heavy (non-hydrogen) atoms. The number of benzene rings is 2. The van der Waals surface area contributed by atoms with Crippen molar-refractivity contribution in [1.82, 2.24) is 20.0 Å². The van der Waals surface area contributed by atoms with Crippen LogP contribution in [0.4, 0.5) is 22.8 Å². The van der Waals surface area contributed by atoms with Gasteiger partial charge in [0.1, 0.15) is 5.60 Å². The van der Waals surface area contributed by atoms with Crippen LogP contribution in [0.5, 0.6) is 0 Å². The van der Waals surface area contributed by atoms with E-state index >= 15 is 0 Å². The molecule has 1 saturated heterocycles. The van der Waals surface area contributed by atoms with Gasteiger partial charge in [0.05, 0.1) is 28.7 Å². The van der Waals surface area contributed by atoms with Gasteiger partial charge in [-0.05, 0) is 106 Å². The normalized spacial score (nSPS) is 20.5. The lowest BCUT2D eigenvalue weighted by atomic mass is 9.86. The first-order valence-corrected chi connectivity index (χ1v) is 15.4. The maximum Gasteiger partial charge on any atom is 0.416 e. The van der Waals surface area contributed by atoms with E-state index in [-0.39, 0.29) is 40.2 Å².